The van der Waals surface area contributed by atoms with Crippen molar-refractivity contribution in [3.05, 3.63) is 65.6 Å². The van der Waals surface area contributed by atoms with Crippen molar-refractivity contribution in [1.82, 2.24) is 15.5 Å². The Bertz CT molecular complexity index is 904. The van der Waals surface area contributed by atoms with Crippen LogP contribution in [0.15, 0.2) is 59.2 Å². The quantitative estimate of drug-likeness (QED) is 0.743. The van der Waals surface area contributed by atoms with Gasteiger partial charge in [-0.2, -0.15) is 0 Å². The Morgan fingerprint density at radius 3 is 2.56 bits per heavy atom. The fourth-order valence-electron chi connectivity index (χ4n) is 3.22. The summed E-state index contributed by atoms with van der Waals surface area (Å²) >= 11 is 6.22. The van der Waals surface area contributed by atoms with Gasteiger partial charge >= 0.3 is 0 Å². The fraction of sp³-hybridized carbons (Fsp3) is 0.250. The van der Waals surface area contributed by atoms with Crippen LogP contribution in [0.1, 0.15) is 23.4 Å². The van der Waals surface area contributed by atoms with E-state index in [4.69, 9.17) is 16.0 Å². The highest BCUT2D eigenvalue weighted by atomic mass is 35.5. The summed E-state index contributed by atoms with van der Waals surface area (Å²) in [5, 5.41) is 12.4. The van der Waals surface area contributed by atoms with Crippen molar-refractivity contribution in [3.8, 4) is 11.3 Å². The van der Waals surface area contributed by atoms with E-state index >= 15 is 0 Å². The molecular formula is C20H19ClN4O2. The third-order valence-electron chi connectivity index (χ3n) is 4.70. The average molecular weight is 383 g/mol. The maximum absolute atomic E-state index is 12.1. The van der Waals surface area contributed by atoms with E-state index in [-0.39, 0.29) is 11.9 Å². The fourth-order valence-corrected chi connectivity index (χ4v) is 3.46. The van der Waals surface area contributed by atoms with Crippen LogP contribution >= 0.6 is 11.6 Å². The molecule has 2 aromatic heterocycles. The highest BCUT2D eigenvalue weighted by Gasteiger charge is 2.23. The minimum Gasteiger partial charge on any atom is -0.459 e. The van der Waals surface area contributed by atoms with Crippen LogP contribution in [0.2, 0.25) is 5.02 Å². The van der Waals surface area contributed by atoms with Gasteiger partial charge < -0.3 is 14.6 Å². The van der Waals surface area contributed by atoms with Gasteiger partial charge in [-0.15, -0.1) is 10.2 Å². The van der Waals surface area contributed by atoms with Crippen LogP contribution in [-0.2, 0) is 0 Å². The van der Waals surface area contributed by atoms with E-state index < -0.39 is 0 Å². The van der Waals surface area contributed by atoms with Gasteiger partial charge in [0.05, 0.1) is 17.0 Å². The minimum absolute atomic E-state index is 0.134. The number of hydrogen-bond acceptors (Lipinski definition) is 5. The first kappa shape index (κ1) is 17.5. The van der Waals surface area contributed by atoms with E-state index in [1.54, 1.807) is 12.1 Å². The summed E-state index contributed by atoms with van der Waals surface area (Å²) in [6, 6.07) is 15.0. The van der Waals surface area contributed by atoms with Crippen LogP contribution in [-0.4, -0.2) is 35.2 Å². The number of piperidine rings is 1. The third kappa shape index (κ3) is 3.95. The Labute approximate surface area is 162 Å². The van der Waals surface area contributed by atoms with Crippen LogP contribution in [0.3, 0.4) is 0 Å². The van der Waals surface area contributed by atoms with E-state index in [2.05, 4.69) is 20.4 Å². The number of nitrogens with one attached hydrogen (secondary N) is 1. The van der Waals surface area contributed by atoms with Gasteiger partial charge in [0.25, 0.3) is 5.91 Å². The van der Waals surface area contributed by atoms with Crippen LogP contribution in [0.25, 0.3) is 11.3 Å². The molecule has 0 bridgehead atoms. The van der Waals surface area contributed by atoms with Gasteiger partial charge in [0.2, 0.25) is 0 Å². The number of halogens is 1. The number of hydrogen-bond donors (Lipinski definition) is 1. The lowest BCUT2D eigenvalue weighted by atomic mass is 10.0. The van der Waals surface area contributed by atoms with Crippen molar-refractivity contribution in [2.75, 3.05) is 18.0 Å². The van der Waals surface area contributed by atoms with Crippen molar-refractivity contribution in [3.63, 3.8) is 0 Å². The molecule has 1 aromatic carbocycles. The van der Waals surface area contributed by atoms with E-state index in [0.717, 1.165) is 43.0 Å². The average Bonchev–Trinajstić information content (AvgIpc) is 3.24. The topological polar surface area (TPSA) is 71.3 Å². The van der Waals surface area contributed by atoms with Crippen LogP contribution in [0.4, 0.5) is 5.82 Å². The molecule has 138 valence electrons. The van der Waals surface area contributed by atoms with E-state index in [1.165, 1.54) is 6.26 Å². The zero-order chi connectivity index (χ0) is 18.6. The molecule has 0 spiro atoms. The van der Waals surface area contributed by atoms with Crippen molar-refractivity contribution in [2.24, 2.45) is 0 Å². The molecule has 1 saturated heterocycles. The highest BCUT2D eigenvalue weighted by Crippen LogP contribution is 2.26. The first-order valence-corrected chi connectivity index (χ1v) is 9.26. The normalized spacial score (nSPS) is 14.9. The van der Waals surface area contributed by atoms with Gasteiger partial charge in [-0.25, -0.2) is 0 Å². The maximum atomic E-state index is 12.1. The predicted octanol–water partition coefficient (Wildman–Crippen LogP) is 3.79. The monoisotopic (exact) mass is 382 g/mol. The zero-order valence-corrected chi connectivity index (χ0v) is 15.4. The SMILES string of the molecule is O=C(NC1CCN(c2ccc(-c3ccccc3Cl)nn2)CC1)c1ccco1. The first-order valence-electron chi connectivity index (χ1n) is 8.88. The molecule has 1 aliphatic heterocycles. The molecule has 0 atom stereocenters. The zero-order valence-electron chi connectivity index (χ0n) is 14.6. The van der Waals surface area contributed by atoms with E-state index in [9.17, 15) is 4.79 Å². The van der Waals surface area contributed by atoms with Crippen LogP contribution in [0.5, 0.6) is 0 Å². The lowest BCUT2D eigenvalue weighted by molar-refractivity contribution is 0.0903. The molecule has 27 heavy (non-hydrogen) atoms. The lowest BCUT2D eigenvalue weighted by Crippen LogP contribution is -2.44. The number of amides is 1. The molecule has 1 fully saturated rings. The number of anilines is 1. The Kier molecular flexibility index (Phi) is 5.07. The third-order valence-corrected chi connectivity index (χ3v) is 5.03. The summed E-state index contributed by atoms with van der Waals surface area (Å²) in [6.45, 7) is 1.62. The number of rotatable bonds is 4. The molecule has 0 aliphatic carbocycles. The number of carbonyl (C=O) groups excluding carboxylic acids is 1. The van der Waals surface area contributed by atoms with Gasteiger partial charge in [0, 0.05) is 24.7 Å². The van der Waals surface area contributed by atoms with Crippen LogP contribution < -0.4 is 10.2 Å². The summed E-state index contributed by atoms with van der Waals surface area (Å²) in [5.41, 5.74) is 1.63. The van der Waals surface area contributed by atoms with Gasteiger partial charge in [0.15, 0.2) is 11.6 Å². The Morgan fingerprint density at radius 2 is 1.89 bits per heavy atom. The van der Waals surface area contributed by atoms with Gasteiger partial charge in [-0.3, -0.25) is 4.79 Å². The maximum Gasteiger partial charge on any atom is 0.287 e. The largest absolute Gasteiger partial charge is 0.459 e. The molecule has 0 radical (unpaired) electrons. The summed E-state index contributed by atoms with van der Waals surface area (Å²) < 4.78 is 5.13. The van der Waals surface area contributed by atoms with Crippen molar-refractivity contribution in [2.45, 2.75) is 18.9 Å². The van der Waals surface area contributed by atoms with Crippen molar-refractivity contribution >= 4 is 23.3 Å². The molecule has 6 nitrogen and oxygen atoms in total. The summed E-state index contributed by atoms with van der Waals surface area (Å²) in [4.78, 5) is 14.3. The number of benzene rings is 1. The first-order chi connectivity index (χ1) is 13.2. The smallest absolute Gasteiger partial charge is 0.287 e. The molecule has 0 saturated carbocycles. The molecule has 0 unspecified atom stereocenters. The molecule has 1 amide bonds. The summed E-state index contributed by atoms with van der Waals surface area (Å²) in [6.07, 6.45) is 3.20. The Hall–Kier alpha value is -2.86. The van der Waals surface area contributed by atoms with E-state index in [0.29, 0.717) is 10.8 Å². The lowest BCUT2D eigenvalue weighted by Gasteiger charge is -2.32. The molecule has 1 aliphatic rings. The molecule has 4 rings (SSSR count). The molecule has 1 N–H and O–H groups in total. The second-order valence-electron chi connectivity index (χ2n) is 6.47. The summed E-state index contributed by atoms with van der Waals surface area (Å²) in [7, 11) is 0. The number of aromatic nitrogens is 2. The second-order valence-corrected chi connectivity index (χ2v) is 6.88. The Morgan fingerprint density at radius 1 is 1.07 bits per heavy atom. The van der Waals surface area contributed by atoms with Crippen molar-refractivity contribution < 1.29 is 9.21 Å². The number of carbonyl (C=O) groups is 1. The van der Waals surface area contributed by atoms with E-state index in [1.807, 2.05) is 36.4 Å². The molecule has 3 aromatic rings. The second kappa shape index (κ2) is 7.80. The van der Waals surface area contributed by atoms with Crippen molar-refractivity contribution in [1.29, 1.82) is 0 Å². The van der Waals surface area contributed by atoms with Gasteiger partial charge in [-0.1, -0.05) is 29.8 Å². The number of furan rings is 1. The van der Waals surface area contributed by atoms with Gasteiger partial charge in [-0.05, 0) is 43.2 Å². The molecule has 7 heteroatoms. The predicted molar refractivity (Wildman–Crippen MR) is 104 cm³/mol. The Balaban J connectivity index is 1.36. The number of nitrogens with zero attached hydrogens (tertiary/aromatic N) is 3. The minimum atomic E-state index is -0.165. The molecular weight excluding hydrogens is 364 g/mol. The standard InChI is InChI=1S/C20H19ClN4O2/c21-16-5-2-1-4-15(16)17-7-8-19(24-23-17)25-11-9-14(10-12-25)22-20(26)18-6-3-13-27-18/h1-8,13-14H,9-12H2,(H,22,26). The summed E-state index contributed by atoms with van der Waals surface area (Å²) in [5.74, 6) is 1.02. The molecule has 3 heterocycles. The van der Waals surface area contributed by atoms with Crippen LogP contribution in [0, 0.1) is 0 Å². The van der Waals surface area contributed by atoms with Gasteiger partial charge in [0.1, 0.15) is 0 Å². The highest BCUT2D eigenvalue weighted by molar-refractivity contribution is 6.33.